The molecule has 1 aromatic carbocycles. The number of likely N-dealkylation sites (N-methyl/N-ethyl adjacent to an activating group) is 1. The van der Waals surface area contributed by atoms with E-state index in [4.69, 9.17) is 16.3 Å². The first-order valence-corrected chi connectivity index (χ1v) is 8.84. The minimum absolute atomic E-state index is 0.165. The van der Waals surface area contributed by atoms with Crippen LogP contribution in [0.1, 0.15) is 20.8 Å². The van der Waals surface area contributed by atoms with Crippen LogP contribution >= 0.6 is 11.6 Å². The predicted octanol–water partition coefficient (Wildman–Crippen LogP) is 2.48. The Hall–Kier alpha value is -1.79. The number of rotatable bonds is 5. The van der Waals surface area contributed by atoms with Crippen molar-refractivity contribution in [1.82, 2.24) is 9.80 Å². The summed E-state index contributed by atoms with van der Waals surface area (Å²) in [5.74, 6) is -0.0460. The maximum atomic E-state index is 12.9. The van der Waals surface area contributed by atoms with Crippen molar-refractivity contribution in [3.05, 3.63) is 23.2 Å². The summed E-state index contributed by atoms with van der Waals surface area (Å²) in [6, 6.07) is 4.97. The number of hydrogen-bond donors (Lipinski definition) is 1. The van der Waals surface area contributed by atoms with Crippen LogP contribution in [0.4, 0.5) is 5.69 Å². The van der Waals surface area contributed by atoms with Gasteiger partial charge in [0.15, 0.2) is 0 Å². The Morgan fingerprint density at radius 1 is 1.24 bits per heavy atom. The number of carbonyl (C=O) groups is 2. The number of hydrogen-bond acceptors (Lipinski definition) is 4. The number of amides is 2. The smallest absolute Gasteiger partial charge is 0.239 e. The minimum Gasteiger partial charge on any atom is -0.495 e. The number of ether oxygens (including phenoxy) is 1. The third-order valence-corrected chi connectivity index (χ3v) is 4.85. The molecule has 0 atom stereocenters. The molecule has 25 heavy (non-hydrogen) atoms. The zero-order valence-corrected chi connectivity index (χ0v) is 16.0. The first kappa shape index (κ1) is 19.5. The molecule has 1 aromatic rings. The van der Waals surface area contributed by atoms with Crippen molar-refractivity contribution in [2.24, 2.45) is 5.41 Å². The van der Waals surface area contributed by atoms with Crippen molar-refractivity contribution >= 4 is 29.1 Å². The van der Waals surface area contributed by atoms with E-state index in [9.17, 15) is 9.59 Å². The summed E-state index contributed by atoms with van der Waals surface area (Å²) >= 11 is 6.00. The van der Waals surface area contributed by atoms with E-state index < -0.39 is 5.41 Å². The molecule has 1 aliphatic rings. The summed E-state index contributed by atoms with van der Waals surface area (Å²) in [4.78, 5) is 29.7. The Morgan fingerprint density at radius 2 is 1.88 bits per heavy atom. The molecule has 6 nitrogen and oxygen atoms in total. The average molecular weight is 368 g/mol. The molecule has 0 spiro atoms. The molecule has 2 rings (SSSR count). The highest BCUT2D eigenvalue weighted by molar-refractivity contribution is 6.31. The van der Waals surface area contributed by atoms with Crippen LogP contribution < -0.4 is 10.1 Å². The molecule has 0 saturated carbocycles. The molecule has 0 bridgehead atoms. The molecular weight excluding hydrogens is 342 g/mol. The fourth-order valence-corrected chi connectivity index (χ4v) is 2.99. The first-order chi connectivity index (χ1) is 11.8. The van der Waals surface area contributed by atoms with Crippen molar-refractivity contribution in [3.8, 4) is 5.75 Å². The van der Waals surface area contributed by atoms with Gasteiger partial charge in [0, 0.05) is 31.2 Å². The third-order valence-electron chi connectivity index (χ3n) is 4.62. The van der Waals surface area contributed by atoms with Crippen molar-refractivity contribution in [2.45, 2.75) is 20.8 Å². The quantitative estimate of drug-likeness (QED) is 0.812. The van der Waals surface area contributed by atoms with Crippen molar-refractivity contribution in [1.29, 1.82) is 0 Å². The molecule has 2 amide bonds. The van der Waals surface area contributed by atoms with Crippen LogP contribution in [0, 0.1) is 5.41 Å². The molecule has 1 aliphatic heterocycles. The van der Waals surface area contributed by atoms with Gasteiger partial charge in [-0.25, -0.2) is 0 Å². The van der Waals surface area contributed by atoms with Gasteiger partial charge in [-0.1, -0.05) is 18.5 Å². The number of anilines is 1. The third kappa shape index (κ3) is 4.44. The minimum atomic E-state index is -1.18. The fourth-order valence-electron chi connectivity index (χ4n) is 2.82. The second-order valence-electron chi connectivity index (χ2n) is 6.65. The molecule has 1 heterocycles. The zero-order chi connectivity index (χ0) is 18.6. The van der Waals surface area contributed by atoms with E-state index in [1.165, 1.54) is 7.11 Å². The lowest BCUT2D eigenvalue weighted by Gasteiger charge is -2.37. The van der Waals surface area contributed by atoms with E-state index in [1.807, 2.05) is 0 Å². The van der Waals surface area contributed by atoms with Crippen LogP contribution in [-0.4, -0.2) is 61.4 Å². The Bertz CT molecular complexity index is 640. The van der Waals surface area contributed by atoms with Gasteiger partial charge in [0.1, 0.15) is 11.2 Å². The second-order valence-corrected chi connectivity index (χ2v) is 7.09. The predicted molar refractivity (Wildman–Crippen MR) is 99.1 cm³/mol. The van der Waals surface area contributed by atoms with Gasteiger partial charge in [0.2, 0.25) is 11.8 Å². The van der Waals surface area contributed by atoms with Gasteiger partial charge in [0.05, 0.1) is 12.8 Å². The number of piperazine rings is 1. The van der Waals surface area contributed by atoms with Crippen LogP contribution in [0.25, 0.3) is 0 Å². The second kappa shape index (κ2) is 8.06. The Morgan fingerprint density at radius 3 is 2.44 bits per heavy atom. The van der Waals surface area contributed by atoms with E-state index in [0.717, 1.165) is 19.6 Å². The average Bonchev–Trinajstić information content (AvgIpc) is 2.61. The monoisotopic (exact) mass is 367 g/mol. The van der Waals surface area contributed by atoms with Crippen molar-refractivity contribution in [2.75, 3.05) is 45.2 Å². The van der Waals surface area contributed by atoms with Gasteiger partial charge >= 0.3 is 0 Å². The lowest BCUT2D eigenvalue weighted by molar-refractivity contribution is -0.147. The highest BCUT2D eigenvalue weighted by Crippen LogP contribution is 2.30. The number of benzene rings is 1. The fraction of sp³-hybridized carbons (Fsp3) is 0.556. The standard InChI is InChI=1S/C18H26ClN3O3/c1-5-21-8-10-22(11-9-21)17(24)18(2,3)16(23)20-14-12-13(19)6-7-15(14)25-4/h6-7,12H,5,8-11H2,1-4H3,(H,20,23). The first-order valence-electron chi connectivity index (χ1n) is 8.46. The Labute approximate surface area is 154 Å². The van der Waals surface area contributed by atoms with E-state index in [0.29, 0.717) is 29.5 Å². The van der Waals surface area contributed by atoms with Crippen LogP contribution in [0.5, 0.6) is 5.75 Å². The summed E-state index contributed by atoms with van der Waals surface area (Å²) < 4.78 is 5.24. The normalized spacial score (nSPS) is 15.8. The van der Waals surface area contributed by atoms with Gasteiger partial charge < -0.3 is 19.9 Å². The van der Waals surface area contributed by atoms with Gasteiger partial charge in [-0.15, -0.1) is 0 Å². The molecule has 0 radical (unpaired) electrons. The lowest BCUT2D eigenvalue weighted by Crippen LogP contribution is -2.54. The molecule has 7 heteroatoms. The van der Waals surface area contributed by atoms with Gasteiger partial charge in [0.25, 0.3) is 0 Å². The summed E-state index contributed by atoms with van der Waals surface area (Å²) in [7, 11) is 1.52. The van der Waals surface area contributed by atoms with E-state index in [-0.39, 0.29) is 11.8 Å². The van der Waals surface area contributed by atoms with Gasteiger partial charge in [-0.2, -0.15) is 0 Å². The van der Waals surface area contributed by atoms with E-state index >= 15 is 0 Å². The molecular formula is C18H26ClN3O3. The lowest BCUT2D eigenvalue weighted by atomic mass is 9.89. The largest absolute Gasteiger partial charge is 0.495 e. The van der Waals surface area contributed by atoms with Crippen LogP contribution in [0.3, 0.4) is 0 Å². The number of carbonyl (C=O) groups excluding carboxylic acids is 2. The Kier molecular flexibility index (Phi) is 6.30. The summed E-state index contributed by atoms with van der Waals surface area (Å²) in [5, 5.41) is 3.26. The number of methoxy groups -OCH3 is 1. The molecule has 0 unspecified atom stereocenters. The molecule has 1 fully saturated rings. The molecule has 0 aromatic heterocycles. The van der Waals surface area contributed by atoms with Gasteiger partial charge in [-0.3, -0.25) is 9.59 Å². The van der Waals surface area contributed by atoms with Crippen LogP contribution in [0.2, 0.25) is 5.02 Å². The number of nitrogens with zero attached hydrogens (tertiary/aromatic N) is 2. The maximum absolute atomic E-state index is 12.9. The molecule has 0 aliphatic carbocycles. The zero-order valence-electron chi connectivity index (χ0n) is 15.3. The highest BCUT2D eigenvalue weighted by atomic mass is 35.5. The molecule has 138 valence electrons. The van der Waals surface area contributed by atoms with Crippen molar-refractivity contribution < 1.29 is 14.3 Å². The summed E-state index contributed by atoms with van der Waals surface area (Å²) in [6.07, 6.45) is 0. The van der Waals surface area contributed by atoms with Crippen molar-refractivity contribution in [3.63, 3.8) is 0 Å². The van der Waals surface area contributed by atoms with Crippen LogP contribution in [0.15, 0.2) is 18.2 Å². The number of halogens is 1. The molecule has 1 N–H and O–H groups in total. The highest BCUT2D eigenvalue weighted by Gasteiger charge is 2.40. The Balaban J connectivity index is 2.09. The SMILES string of the molecule is CCN1CCN(C(=O)C(C)(C)C(=O)Nc2cc(Cl)ccc2OC)CC1. The maximum Gasteiger partial charge on any atom is 0.239 e. The van der Waals surface area contributed by atoms with Crippen LogP contribution in [-0.2, 0) is 9.59 Å². The summed E-state index contributed by atoms with van der Waals surface area (Å²) in [6.45, 7) is 9.33. The summed E-state index contributed by atoms with van der Waals surface area (Å²) in [5.41, 5.74) is -0.724. The number of nitrogens with one attached hydrogen (secondary N) is 1. The van der Waals surface area contributed by atoms with E-state index in [2.05, 4.69) is 17.1 Å². The van der Waals surface area contributed by atoms with Gasteiger partial charge in [-0.05, 0) is 38.6 Å². The van der Waals surface area contributed by atoms with E-state index in [1.54, 1.807) is 36.9 Å². The molecule has 1 saturated heterocycles. The topological polar surface area (TPSA) is 61.9 Å².